The van der Waals surface area contributed by atoms with Crippen LogP contribution in [0.25, 0.3) is 0 Å². The molecule has 118 valence electrons. The van der Waals surface area contributed by atoms with Gasteiger partial charge in [0.1, 0.15) is 15.4 Å². The molecule has 0 fully saturated rings. The molecule has 0 bridgehead atoms. The number of nitrogen functional groups attached to an aromatic ring is 1. The molecule has 0 unspecified atom stereocenters. The number of hydrogen-bond acceptors (Lipinski definition) is 6. The lowest BCUT2D eigenvalue weighted by molar-refractivity contribution is 0.0529. The Bertz CT molecular complexity index is 500. The fourth-order valence-corrected chi connectivity index (χ4v) is 2.90. The number of esters is 1. The number of primary amides is 1. The molecule has 1 aromatic rings. The maximum Gasteiger partial charge on any atom is 0.343 e. The van der Waals surface area contributed by atoms with Gasteiger partial charge in [0.25, 0.3) is 5.91 Å². The second kappa shape index (κ2) is 8.51. The number of carbonyl (C=O) groups is 2. The quantitative estimate of drug-likeness (QED) is 0.480. The predicted octanol–water partition coefficient (Wildman–Crippen LogP) is 2.60. The molecule has 0 aliphatic rings. The van der Waals surface area contributed by atoms with Gasteiger partial charge in [0.05, 0.1) is 12.3 Å². The van der Waals surface area contributed by atoms with E-state index in [4.69, 9.17) is 16.2 Å². The molecule has 6 nitrogen and oxygen atoms in total. The summed E-state index contributed by atoms with van der Waals surface area (Å²) < 4.78 is 4.98. The Morgan fingerprint density at radius 2 is 1.95 bits per heavy atom. The number of rotatable bonds is 9. The van der Waals surface area contributed by atoms with Crippen LogP contribution in [0.2, 0.25) is 0 Å². The van der Waals surface area contributed by atoms with Gasteiger partial charge in [0.15, 0.2) is 0 Å². The first kappa shape index (κ1) is 17.3. The monoisotopic (exact) mass is 313 g/mol. The SMILES string of the molecule is CCCCCCNc1sc(C(N)=O)c(N)c1C(=O)OCC. The van der Waals surface area contributed by atoms with Gasteiger partial charge in [-0.1, -0.05) is 26.2 Å². The van der Waals surface area contributed by atoms with Crippen molar-refractivity contribution in [3.8, 4) is 0 Å². The van der Waals surface area contributed by atoms with Gasteiger partial charge in [-0.2, -0.15) is 0 Å². The Morgan fingerprint density at radius 1 is 1.24 bits per heavy atom. The van der Waals surface area contributed by atoms with Crippen LogP contribution in [0.4, 0.5) is 10.7 Å². The van der Waals surface area contributed by atoms with Crippen LogP contribution >= 0.6 is 11.3 Å². The molecule has 0 saturated carbocycles. The van der Waals surface area contributed by atoms with Crippen LogP contribution in [0.15, 0.2) is 0 Å². The summed E-state index contributed by atoms with van der Waals surface area (Å²) in [5, 5.41) is 3.71. The van der Waals surface area contributed by atoms with E-state index in [1.165, 1.54) is 6.42 Å². The summed E-state index contributed by atoms with van der Waals surface area (Å²) in [6.45, 7) is 4.82. The van der Waals surface area contributed by atoms with Crippen LogP contribution in [-0.2, 0) is 4.74 Å². The lowest BCUT2D eigenvalue weighted by Crippen LogP contribution is -2.13. The Kier molecular flexibility index (Phi) is 7.01. The molecular weight excluding hydrogens is 290 g/mol. The maximum absolute atomic E-state index is 12.0. The molecule has 1 rings (SSSR count). The van der Waals surface area contributed by atoms with E-state index in [-0.39, 0.29) is 22.7 Å². The predicted molar refractivity (Wildman–Crippen MR) is 85.8 cm³/mol. The molecular formula is C14H23N3O3S. The van der Waals surface area contributed by atoms with Crippen LogP contribution < -0.4 is 16.8 Å². The third kappa shape index (κ3) is 4.63. The average molecular weight is 313 g/mol. The molecule has 7 heteroatoms. The molecule has 1 aromatic heterocycles. The van der Waals surface area contributed by atoms with E-state index in [1.54, 1.807) is 6.92 Å². The Balaban J connectivity index is 2.87. The summed E-state index contributed by atoms with van der Waals surface area (Å²) in [5.41, 5.74) is 11.4. The van der Waals surface area contributed by atoms with E-state index in [9.17, 15) is 9.59 Å². The molecule has 21 heavy (non-hydrogen) atoms. The molecule has 0 spiro atoms. The fraction of sp³-hybridized carbons (Fsp3) is 0.571. The first-order valence-corrected chi connectivity index (χ1v) is 7.97. The first-order chi connectivity index (χ1) is 10.0. The highest BCUT2D eigenvalue weighted by molar-refractivity contribution is 7.19. The Morgan fingerprint density at radius 3 is 2.52 bits per heavy atom. The zero-order chi connectivity index (χ0) is 15.8. The van der Waals surface area contributed by atoms with Crippen molar-refractivity contribution in [1.82, 2.24) is 0 Å². The van der Waals surface area contributed by atoms with Crippen molar-refractivity contribution in [3.05, 3.63) is 10.4 Å². The standard InChI is InChI=1S/C14H23N3O3S/c1-3-5-6-7-8-17-13-9(14(19)20-4-2)10(15)11(21-13)12(16)18/h17H,3-8,15H2,1-2H3,(H2,16,18). The van der Waals surface area contributed by atoms with Crippen LogP contribution in [-0.4, -0.2) is 25.0 Å². The zero-order valence-electron chi connectivity index (χ0n) is 12.5. The molecule has 0 radical (unpaired) electrons. The Hall–Kier alpha value is -1.76. The number of nitrogens with two attached hydrogens (primary N) is 2. The van der Waals surface area contributed by atoms with Crippen LogP contribution in [0, 0.1) is 0 Å². The van der Waals surface area contributed by atoms with Crippen molar-refractivity contribution in [1.29, 1.82) is 0 Å². The van der Waals surface area contributed by atoms with E-state index >= 15 is 0 Å². The highest BCUT2D eigenvalue weighted by Gasteiger charge is 2.25. The van der Waals surface area contributed by atoms with Gasteiger partial charge in [-0.25, -0.2) is 4.79 Å². The van der Waals surface area contributed by atoms with Crippen molar-refractivity contribution in [2.75, 3.05) is 24.2 Å². The second-order valence-electron chi connectivity index (χ2n) is 4.62. The van der Waals surface area contributed by atoms with Crippen LogP contribution in [0.1, 0.15) is 59.6 Å². The minimum Gasteiger partial charge on any atom is -0.462 e. The third-order valence-corrected chi connectivity index (χ3v) is 4.14. The summed E-state index contributed by atoms with van der Waals surface area (Å²) in [6.07, 6.45) is 4.43. The van der Waals surface area contributed by atoms with E-state index in [0.717, 1.165) is 30.6 Å². The molecule has 1 amide bonds. The number of anilines is 2. The van der Waals surface area contributed by atoms with Gasteiger partial charge >= 0.3 is 5.97 Å². The number of amides is 1. The maximum atomic E-state index is 12.0. The zero-order valence-corrected chi connectivity index (χ0v) is 13.3. The molecule has 0 aromatic carbocycles. The van der Waals surface area contributed by atoms with Crippen LogP contribution in [0.3, 0.4) is 0 Å². The number of ether oxygens (including phenoxy) is 1. The van der Waals surface area contributed by atoms with E-state index in [1.807, 2.05) is 0 Å². The fourth-order valence-electron chi connectivity index (χ4n) is 1.91. The van der Waals surface area contributed by atoms with E-state index < -0.39 is 11.9 Å². The van der Waals surface area contributed by atoms with Crippen LogP contribution in [0.5, 0.6) is 0 Å². The van der Waals surface area contributed by atoms with Crippen molar-refractivity contribution >= 4 is 33.9 Å². The third-order valence-electron chi connectivity index (χ3n) is 2.96. The molecule has 0 aliphatic heterocycles. The highest BCUT2D eigenvalue weighted by atomic mass is 32.1. The molecule has 0 atom stereocenters. The summed E-state index contributed by atoms with van der Waals surface area (Å²) in [7, 11) is 0. The lowest BCUT2D eigenvalue weighted by Gasteiger charge is -2.07. The van der Waals surface area contributed by atoms with Gasteiger partial charge in [-0.3, -0.25) is 4.79 Å². The van der Waals surface area contributed by atoms with Crippen molar-refractivity contribution in [2.24, 2.45) is 5.73 Å². The Labute approximate surface area is 128 Å². The van der Waals surface area contributed by atoms with Gasteiger partial charge in [0, 0.05) is 6.54 Å². The highest BCUT2D eigenvalue weighted by Crippen LogP contribution is 2.36. The van der Waals surface area contributed by atoms with Crippen molar-refractivity contribution in [3.63, 3.8) is 0 Å². The minimum atomic E-state index is -0.637. The molecule has 0 aliphatic carbocycles. The van der Waals surface area contributed by atoms with Gasteiger partial charge < -0.3 is 21.5 Å². The summed E-state index contributed by atoms with van der Waals surface area (Å²) in [4.78, 5) is 23.5. The topological polar surface area (TPSA) is 107 Å². The number of hydrogen-bond donors (Lipinski definition) is 3. The van der Waals surface area contributed by atoms with E-state index in [2.05, 4.69) is 12.2 Å². The summed E-state index contributed by atoms with van der Waals surface area (Å²) in [5.74, 6) is -1.17. The van der Waals surface area contributed by atoms with E-state index in [0.29, 0.717) is 11.5 Å². The number of unbranched alkanes of at least 4 members (excludes halogenated alkanes) is 3. The summed E-state index contributed by atoms with van der Waals surface area (Å²) >= 11 is 1.10. The van der Waals surface area contributed by atoms with Gasteiger partial charge in [0.2, 0.25) is 0 Å². The smallest absolute Gasteiger partial charge is 0.343 e. The molecule has 5 N–H and O–H groups in total. The summed E-state index contributed by atoms with van der Waals surface area (Å²) in [6, 6.07) is 0. The first-order valence-electron chi connectivity index (χ1n) is 7.15. The largest absolute Gasteiger partial charge is 0.462 e. The van der Waals surface area contributed by atoms with Crippen molar-refractivity contribution < 1.29 is 14.3 Å². The number of thiophene rings is 1. The van der Waals surface area contributed by atoms with Gasteiger partial charge in [-0.05, 0) is 13.3 Å². The molecule has 0 saturated heterocycles. The van der Waals surface area contributed by atoms with Crippen molar-refractivity contribution in [2.45, 2.75) is 39.5 Å². The normalized spacial score (nSPS) is 10.4. The lowest BCUT2D eigenvalue weighted by atomic mass is 10.2. The molecule has 1 heterocycles. The number of carbonyl (C=O) groups excluding carboxylic acids is 2. The second-order valence-corrected chi connectivity index (χ2v) is 5.64. The average Bonchev–Trinajstić information content (AvgIpc) is 2.76. The number of nitrogens with one attached hydrogen (secondary N) is 1. The van der Waals surface area contributed by atoms with Gasteiger partial charge in [-0.15, -0.1) is 11.3 Å². The minimum absolute atomic E-state index is 0.0991.